The first-order valence-electron chi connectivity index (χ1n) is 6.94. The third-order valence-electron chi connectivity index (χ3n) is 3.10. The van der Waals surface area contributed by atoms with Crippen LogP contribution in [-0.2, 0) is 51.5 Å². The van der Waals surface area contributed by atoms with Crippen molar-refractivity contribution in [2.75, 3.05) is 0 Å². The van der Waals surface area contributed by atoms with Gasteiger partial charge >= 0.3 is 85.0 Å². The van der Waals surface area contributed by atoms with E-state index in [1.54, 1.807) is 13.8 Å². The van der Waals surface area contributed by atoms with Crippen LogP contribution >= 0.6 is 0 Å². The summed E-state index contributed by atoms with van der Waals surface area (Å²) >= 11 is 5.08. The van der Waals surface area contributed by atoms with Gasteiger partial charge in [-0.05, 0) is 5.56 Å². The van der Waals surface area contributed by atoms with Gasteiger partial charge in [0.05, 0.1) is 18.2 Å². The second-order valence-corrected chi connectivity index (χ2v) is 6.62. The molecule has 0 saturated carbocycles. The molecule has 0 amide bonds. The Morgan fingerprint density at radius 2 is 2.00 bits per heavy atom. The number of nitrogens with zero attached hydrogens (tertiary/aromatic N) is 2. The van der Waals surface area contributed by atoms with Crippen molar-refractivity contribution in [1.82, 2.24) is 4.98 Å². The van der Waals surface area contributed by atoms with Crippen LogP contribution in [0.4, 0.5) is 0 Å². The second-order valence-electron chi connectivity index (χ2n) is 5.56. The molecule has 26 heavy (non-hydrogen) atoms. The average Bonchev–Trinajstić information content (AvgIpc) is 2.78. The van der Waals surface area contributed by atoms with Gasteiger partial charge in [-0.2, -0.15) is 0 Å². The Morgan fingerprint density at radius 1 is 1.42 bits per heavy atom. The number of carboxylic acids is 1. The summed E-state index contributed by atoms with van der Waals surface area (Å²) in [7, 11) is 0. The number of oxazole rings is 1. The smallest absolute Gasteiger partial charge is 1.00 e. The number of halogens is 1. The molecule has 1 N–H and O–H groups in total. The van der Waals surface area contributed by atoms with Crippen molar-refractivity contribution < 1.29 is 111 Å². The maximum absolute atomic E-state index is 11.1. The number of aromatic hydroxyl groups is 1. The van der Waals surface area contributed by atoms with Crippen LogP contribution in [0, 0.1) is 0 Å². The van der Waals surface area contributed by atoms with E-state index in [0.29, 0.717) is 12.3 Å². The Balaban J connectivity index is 0. The van der Waals surface area contributed by atoms with E-state index in [0.717, 1.165) is 11.8 Å². The van der Waals surface area contributed by atoms with Crippen LogP contribution in [0.25, 0.3) is 0 Å². The van der Waals surface area contributed by atoms with Crippen molar-refractivity contribution in [2.24, 2.45) is 4.99 Å². The van der Waals surface area contributed by atoms with E-state index >= 15 is 0 Å². The summed E-state index contributed by atoms with van der Waals surface area (Å²) in [5.41, 5.74) is 1.03. The Morgan fingerprint density at radius 3 is 2.50 bits per heavy atom. The molecule has 0 radical (unpaired) electrons. The third kappa shape index (κ3) is 8.72. The zero-order chi connectivity index (χ0) is 17.0. The molecule has 6 nitrogen and oxygen atoms in total. The maximum Gasteiger partial charge on any atom is 2.00 e. The average molecular weight is 608 g/mol. The fourth-order valence-electron chi connectivity index (χ4n) is 1.97. The van der Waals surface area contributed by atoms with E-state index in [2.05, 4.69) is 9.98 Å². The maximum atomic E-state index is 11.1. The van der Waals surface area contributed by atoms with Crippen LogP contribution in [0.1, 0.15) is 31.0 Å². The number of aliphatic carboxylic acids is 1. The summed E-state index contributed by atoms with van der Waals surface area (Å²) in [6.07, 6.45) is 1.54. The molecule has 1 aromatic heterocycles. The van der Waals surface area contributed by atoms with E-state index in [-0.39, 0.29) is 97.2 Å². The van der Waals surface area contributed by atoms with Gasteiger partial charge in [-0.1, -0.05) is 44.2 Å². The van der Waals surface area contributed by atoms with Crippen molar-refractivity contribution in [3.8, 4) is 5.95 Å². The molecule has 2 aromatic rings. The second kappa shape index (κ2) is 12.9. The molecular weight excluding hydrogens is 591 g/mol. The minimum Gasteiger partial charge on any atom is -1.00 e. The molecule has 1 atom stereocenters. The van der Waals surface area contributed by atoms with E-state index < -0.39 is 22.7 Å². The van der Waals surface area contributed by atoms with Crippen LogP contribution in [-0.4, -0.2) is 33.1 Å². The van der Waals surface area contributed by atoms with Gasteiger partial charge in [0.2, 0.25) is 5.89 Å². The zero-order valence-electron chi connectivity index (χ0n) is 14.8. The van der Waals surface area contributed by atoms with Crippen LogP contribution < -0.4 is 68.9 Å². The molecule has 0 saturated heterocycles. The summed E-state index contributed by atoms with van der Waals surface area (Å²) in [4.78, 5) is 19.1. The monoisotopic (exact) mass is 608 g/mol. The molecule has 0 bridgehead atoms. The predicted molar refractivity (Wildman–Crippen MR) is 85.2 cm³/mol. The zero-order valence-corrected chi connectivity index (χ0v) is 25.0. The fourth-order valence-corrected chi connectivity index (χ4v) is 2.13. The fraction of sp³-hybridized carbons (Fsp3) is 0.312. The molecule has 0 aliphatic rings. The van der Waals surface area contributed by atoms with E-state index in [4.69, 9.17) is 17.0 Å². The number of carbonyl (C=O) groups excluding carboxylic acids is 1. The molecule has 10 heteroatoms. The van der Waals surface area contributed by atoms with Crippen molar-refractivity contribution in [2.45, 2.75) is 31.1 Å². The minimum absolute atomic E-state index is 0. The summed E-state index contributed by atoms with van der Waals surface area (Å²) in [5.74, 6) is -1.49. The Hall–Kier alpha value is 0.581. The van der Waals surface area contributed by atoms with Crippen LogP contribution in [0.5, 0.6) is 5.95 Å². The standard InChI is InChI=1S/C16H18N2O4S.ClH.Hg.K/c1-16(2,23)13(14(19)20)17-9-11-15(21)22-12(18-11)8-10-6-4-3-5-7-10;;;/h3-7,9,13,21,23H,8H2,1-2H3,(H,19,20);1H;;/q;;+2;+1/p-3. The normalized spacial score (nSPS) is 11.8. The number of aromatic nitrogens is 1. The van der Waals surface area contributed by atoms with Gasteiger partial charge < -0.3 is 44.5 Å². The Bertz CT molecular complexity index is 723. The molecule has 2 rings (SSSR count). The Kier molecular flexibility index (Phi) is 14.3. The Labute approximate surface area is 227 Å². The first-order valence-corrected chi connectivity index (χ1v) is 7.35. The van der Waals surface area contributed by atoms with Crippen molar-refractivity contribution in [1.29, 1.82) is 0 Å². The number of rotatable bonds is 6. The number of carboxylic acid groups (broad SMARTS) is 1. The topological polar surface area (TPSA) is 98.8 Å². The summed E-state index contributed by atoms with van der Waals surface area (Å²) in [6, 6.07) is 8.24. The van der Waals surface area contributed by atoms with Gasteiger partial charge in [0.25, 0.3) is 0 Å². The van der Waals surface area contributed by atoms with E-state index in [1.807, 2.05) is 30.3 Å². The SMILES string of the molecule is CC(C)([S-])C(N=Cc1nc(Cc2ccccc2)oc1O)C(=O)[O-].[Cl-].[Hg+2].[K+]. The van der Waals surface area contributed by atoms with Gasteiger partial charge in [-0.25, -0.2) is 4.98 Å². The molecule has 0 aliphatic carbocycles. The van der Waals surface area contributed by atoms with Gasteiger partial charge in [0.15, 0.2) is 5.69 Å². The summed E-state index contributed by atoms with van der Waals surface area (Å²) < 4.78 is 4.13. The van der Waals surface area contributed by atoms with Crippen LogP contribution in [0.3, 0.4) is 0 Å². The van der Waals surface area contributed by atoms with Gasteiger partial charge in [-0.3, -0.25) is 4.99 Å². The largest absolute Gasteiger partial charge is 2.00 e. The van der Waals surface area contributed by atoms with Gasteiger partial charge in [-0.15, -0.1) is 4.75 Å². The number of hydrogen-bond acceptors (Lipinski definition) is 7. The number of carbonyl (C=O) groups is 1. The molecule has 0 fully saturated rings. The quantitative estimate of drug-likeness (QED) is 0.201. The first kappa shape index (κ1) is 28.8. The molecule has 130 valence electrons. The predicted octanol–water partition coefficient (Wildman–Crippen LogP) is -5.16. The summed E-state index contributed by atoms with van der Waals surface area (Å²) in [5, 5.41) is 20.9. The molecule has 0 spiro atoms. The van der Waals surface area contributed by atoms with Crippen LogP contribution in [0.2, 0.25) is 0 Å². The first-order chi connectivity index (χ1) is 10.8. The molecular formula is C16H16ClHgKN2O4S. The van der Waals surface area contributed by atoms with Crippen molar-refractivity contribution >= 4 is 24.8 Å². The van der Waals surface area contributed by atoms with Crippen LogP contribution in [0.15, 0.2) is 39.7 Å². The number of benzene rings is 1. The van der Waals surface area contributed by atoms with Gasteiger partial charge in [0.1, 0.15) is 0 Å². The molecule has 1 unspecified atom stereocenters. The summed E-state index contributed by atoms with van der Waals surface area (Å²) in [6.45, 7) is 3.12. The minimum atomic E-state index is -1.38. The van der Waals surface area contributed by atoms with E-state index in [1.165, 1.54) is 0 Å². The number of aliphatic imine (C=N–C) groups is 1. The third-order valence-corrected chi connectivity index (χ3v) is 3.33. The molecule has 1 heterocycles. The van der Waals surface area contributed by atoms with Crippen molar-refractivity contribution in [3.05, 3.63) is 47.5 Å². The molecule has 1 aromatic carbocycles. The van der Waals surface area contributed by atoms with Gasteiger partial charge in [0, 0.05) is 6.42 Å². The molecule has 0 aliphatic heterocycles. The van der Waals surface area contributed by atoms with E-state index in [9.17, 15) is 15.0 Å². The number of hydrogen-bond donors (Lipinski definition) is 1. The van der Waals surface area contributed by atoms with Crippen molar-refractivity contribution in [3.63, 3.8) is 0 Å².